The fourth-order valence-corrected chi connectivity index (χ4v) is 1.76. The second-order valence-corrected chi connectivity index (χ2v) is 5.51. The van der Waals surface area contributed by atoms with E-state index in [9.17, 15) is 4.79 Å². The van der Waals surface area contributed by atoms with Crippen LogP contribution in [0.1, 0.15) is 30.1 Å². The molecule has 0 aromatic heterocycles. The van der Waals surface area contributed by atoms with Crippen LogP contribution in [0.3, 0.4) is 0 Å². The van der Waals surface area contributed by atoms with Gasteiger partial charge in [-0.05, 0) is 38.7 Å². The lowest BCUT2D eigenvalue weighted by atomic mass is 10.2. The van der Waals surface area contributed by atoms with E-state index in [2.05, 4.69) is 6.92 Å². The van der Waals surface area contributed by atoms with Crippen molar-refractivity contribution in [1.29, 1.82) is 0 Å². The molecule has 0 saturated heterocycles. The first-order valence-corrected chi connectivity index (χ1v) is 7.96. The third-order valence-electron chi connectivity index (χ3n) is 3.14. The van der Waals surface area contributed by atoms with Crippen molar-refractivity contribution < 1.29 is 19.0 Å². The largest absolute Gasteiger partial charge is 0.491 e. The topological polar surface area (TPSA) is 74.0 Å². The van der Waals surface area contributed by atoms with Crippen LogP contribution in [0.4, 0.5) is 5.69 Å². The van der Waals surface area contributed by atoms with Crippen molar-refractivity contribution in [1.82, 2.24) is 4.90 Å². The Morgan fingerprint density at radius 1 is 1.17 bits per heavy atom. The van der Waals surface area contributed by atoms with Gasteiger partial charge in [0.2, 0.25) is 0 Å². The molecule has 0 bridgehead atoms. The molecule has 0 fully saturated rings. The standard InChI is InChI=1S/C17H28N2O4/c1-4-5-9-22-16-7-6-14(13-15(16)18)17(20)23-12-11-21-10-8-19(2)3/h6-7,13H,4-5,8-12,18H2,1-3H3. The summed E-state index contributed by atoms with van der Waals surface area (Å²) in [7, 11) is 3.95. The molecule has 1 rings (SSSR count). The number of carbonyl (C=O) groups is 1. The zero-order valence-corrected chi connectivity index (χ0v) is 14.3. The van der Waals surface area contributed by atoms with Gasteiger partial charge in [0, 0.05) is 6.54 Å². The summed E-state index contributed by atoms with van der Waals surface area (Å²) >= 11 is 0. The molecule has 6 nitrogen and oxygen atoms in total. The summed E-state index contributed by atoms with van der Waals surface area (Å²) in [5.74, 6) is 0.190. The quantitative estimate of drug-likeness (QED) is 0.382. The first-order chi connectivity index (χ1) is 11.0. The average molecular weight is 324 g/mol. The molecule has 0 aliphatic carbocycles. The maximum Gasteiger partial charge on any atom is 0.338 e. The zero-order valence-electron chi connectivity index (χ0n) is 14.3. The second kappa shape index (κ2) is 10.9. The minimum Gasteiger partial charge on any atom is -0.491 e. The summed E-state index contributed by atoms with van der Waals surface area (Å²) < 4.78 is 16.1. The molecule has 0 aliphatic heterocycles. The van der Waals surface area contributed by atoms with E-state index in [0.29, 0.717) is 36.8 Å². The summed E-state index contributed by atoms with van der Waals surface area (Å²) in [6.07, 6.45) is 2.03. The Balaban J connectivity index is 2.34. The molecule has 0 saturated carbocycles. The van der Waals surface area contributed by atoms with Crippen LogP contribution in [0.5, 0.6) is 5.75 Å². The maximum atomic E-state index is 11.9. The van der Waals surface area contributed by atoms with Crippen LogP contribution >= 0.6 is 0 Å². The number of hydrogen-bond donors (Lipinski definition) is 1. The highest BCUT2D eigenvalue weighted by Gasteiger charge is 2.10. The number of nitrogens with zero attached hydrogens (tertiary/aromatic N) is 1. The van der Waals surface area contributed by atoms with Crippen LogP contribution < -0.4 is 10.5 Å². The number of nitrogens with two attached hydrogens (primary N) is 1. The van der Waals surface area contributed by atoms with Gasteiger partial charge in [-0.3, -0.25) is 0 Å². The molecule has 2 N–H and O–H groups in total. The van der Waals surface area contributed by atoms with Crippen molar-refractivity contribution in [2.24, 2.45) is 0 Å². The zero-order chi connectivity index (χ0) is 17.1. The smallest absolute Gasteiger partial charge is 0.338 e. The third-order valence-corrected chi connectivity index (χ3v) is 3.14. The van der Waals surface area contributed by atoms with Gasteiger partial charge in [-0.1, -0.05) is 13.3 Å². The van der Waals surface area contributed by atoms with Gasteiger partial charge >= 0.3 is 5.97 Å². The lowest BCUT2D eigenvalue weighted by Gasteiger charge is -2.11. The second-order valence-electron chi connectivity index (χ2n) is 5.51. The molecule has 1 aromatic rings. The third kappa shape index (κ3) is 7.85. The molecule has 0 amide bonds. The number of nitrogen functional groups attached to an aromatic ring is 1. The molecular formula is C17H28N2O4. The fourth-order valence-electron chi connectivity index (χ4n) is 1.76. The van der Waals surface area contributed by atoms with E-state index in [4.69, 9.17) is 19.9 Å². The van der Waals surface area contributed by atoms with Crippen LogP contribution in [0.15, 0.2) is 18.2 Å². The highest BCUT2D eigenvalue weighted by Crippen LogP contribution is 2.23. The molecule has 6 heteroatoms. The van der Waals surface area contributed by atoms with E-state index in [0.717, 1.165) is 19.4 Å². The Bertz CT molecular complexity index is 478. The van der Waals surface area contributed by atoms with E-state index >= 15 is 0 Å². The van der Waals surface area contributed by atoms with Crippen molar-refractivity contribution in [3.63, 3.8) is 0 Å². The molecule has 0 atom stereocenters. The van der Waals surface area contributed by atoms with Crippen molar-refractivity contribution in [3.8, 4) is 5.75 Å². The van der Waals surface area contributed by atoms with Crippen molar-refractivity contribution >= 4 is 11.7 Å². The highest BCUT2D eigenvalue weighted by atomic mass is 16.6. The summed E-state index contributed by atoms with van der Waals surface area (Å²) in [6, 6.07) is 4.94. The normalized spacial score (nSPS) is 10.8. The SMILES string of the molecule is CCCCOc1ccc(C(=O)OCCOCCN(C)C)cc1N. The first-order valence-electron chi connectivity index (χ1n) is 7.96. The number of carbonyl (C=O) groups excluding carboxylic acids is 1. The van der Waals surface area contributed by atoms with Gasteiger partial charge in [0.25, 0.3) is 0 Å². The van der Waals surface area contributed by atoms with Crippen molar-refractivity contribution in [2.75, 3.05) is 52.8 Å². The van der Waals surface area contributed by atoms with Gasteiger partial charge in [0.15, 0.2) is 0 Å². The predicted octanol–water partition coefficient (Wildman–Crippen LogP) is 2.18. The number of likely N-dealkylation sites (N-methyl/N-ethyl adjacent to an activating group) is 1. The minimum absolute atomic E-state index is 0.223. The number of hydrogen-bond acceptors (Lipinski definition) is 6. The first kappa shape index (κ1) is 19.3. The summed E-state index contributed by atoms with van der Waals surface area (Å²) in [4.78, 5) is 14.0. The van der Waals surface area contributed by atoms with E-state index in [1.54, 1.807) is 18.2 Å². The van der Waals surface area contributed by atoms with Gasteiger partial charge < -0.3 is 24.8 Å². The maximum absolute atomic E-state index is 11.9. The van der Waals surface area contributed by atoms with Crippen molar-refractivity contribution in [2.45, 2.75) is 19.8 Å². The Hall–Kier alpha value is -1.79. The Morgan fingerprint density at radius 3 is 2.61 bits per heavy atom. The molecule has 1 aromatic carbocycles. The number of ether oxygens (including phenoxy) is 3. The predicted molar refractivity (Wildman–Crippen MR) is 90.9 cm³/mol. The van der Waals surface area contributed by atoms with Crippen LogP contribution in [-0.2, 0) is 9.47 Å². The van der Waals surface area contributed by atoms with Gasteiger partial charge in [0.1, 0.15) is 12.4 Å². The summed E-state index contributed by atoms with van der Waals surface area (Å²) in [5.41, 5.74) is 6.76. The van der Waals surface area contributed by atoms with Gasteiger partial charge in [-0.25, -0.2) is 4.79 Å². The molecule has 0 aliphatic rings. The molecular weight excluding hydrogens is 296 g/mol. The number of rotatable bonds is 11. The van der Waals surface area contributed by atoms with Crippen LogP contribution in [-0.4, -0.2) is 57.9 Å². The Kier molecular flexibility index (Phi) is 9.09. The fraction of sp³-hybridized carbons (Fsp3) is 0.588. The lowest BCUT2D eigenvalue weighted by molar-refractivity contribution is 0.0299. The number of anilines is 1. The van der Waals surface area contributed by atoms with E-state index in [1.165, 1.54) is 0 Å². The van der Waals surface area contributed by atoms with E-state index < -0.39 is 5.97 Å². The molecule has 0 spiro atoms. The van der Waals surface area contributed by atoms with E-state index in [1.807, 2.05) is 19.0 Å². The van der Waals surface area contributed by atoms with Crippen LogP contribution in [0.2, 0.25) is 0 Å². The molecule has 0 radical (unpaired) electrons. The summed E-state index contributed by atoms with van der Waals surface area (Å²) in [6.45, 7) is 4.77. The van der Waals surface area contributed by atoms with Crippen LogP contribution in [0.25, 0.3) is 0 Å². The number of esters is 1. The van der Waals surface area contributed by atoms with E-state index in [-0.39, 0.29) is 6.61 Å². The van der Waals surface area contributed by atoms with Gasteiger partial charge in [0.05, 0.1) is 31.1 Å². The average Bonchev–Trinajstić information content (AvgIpc) is 2.52. The monoisotopic (exact) mass is 324 g/mol. The molecule has 23 heavy (non-hydrogen) atoms. The van der Waals surface area contributed by atoms with Gasteiger partial charge in [-0.2, -0.15) is 0 Å². The lowest BCUT2D eigenvalue weighted by Crippen LogP contribution is -2.19. The minimum atomic E-state index is -0.409. The number of unbranched alkanes of at least 4 members (excludes halogenated alkanes) is 1. The molecule has 0 heterocycles. The van der Waals surface area contributed by atoms with Crippen molar-refractivity contribution in [3.05, 3.63) is 23.8 Å². The number of benzene rings is 1. The summed E-state index contributed by atoms with van der Waals surface area (Å²) in [5, 5.41) is 0. The molecule has 0 unspecified atom stereocenters. The Morgan fingerprint density at radius 2 is 1.96 bits per heavy atom. The van der Waals surface area contributed by atoms with Gasteiger partial charge in [-0.15, -0.1) is 0 Å². The van der Waals surface area contributed by atoms with Crippen LogP contribution in [0, 0.1) is 0 Å². The Labute approximate surface area is 138 Å². The molecule has 130 valence electrons. The highest BCUT2D eigenvalue weighted by molar-refractivity contribution is 5.91.